The van der Waals surface area contributed by atoms with Gasteiger partial charge in [0.2, 0.25) is 5.78 Å². The van der Waals surface area contributed by atoms with Crippen LogP contribution in [0.3, 0.4) is 0 Å². The van der Waals surface area contributed by atoms with E-state index >= 15 is 0 Å². The summed E-state index contributed by atoms with van der Waals surface area (Å²) in [6.07, 6.45) is 37.6. The van der Waals surface area contributed by atoms with Gasteiger partial charge in [0.25, 0.3) is 0 Å². The summed E-state index contributed by atoms with van der Waals surface area (Å²) in [6.45, 7) is 7.89. The van der Waals surface area contributed by atoms with E-state index in [0.29, 0.717) is 23.7 Å². The van der Waals surface area contributed by atoms with Gasteiger partial charge in [-0.3, -0.25) is 4.79 Å². The molecule has 2 heterocycles. The molecule has 1 unspecified atom stereocenters. The standard InChI is InChI=1S/C44H72N2O4S/c1-4-6-8-10-12-14-16-17-18-19-20-21-22-24-26-28-34-45-39-33-31-37(51-39)30-32-38-41(47)40(42(38)48)43-36(3)46-44(50-43)49-35-29-27-25-23-15-13-11-9-7-5-2/h30-33,44-45,47H,4-29,34-35H2,1-3H3/b32-30+,43-40?. The average Bonchev–Trinajstić information content (AvgIpc) is 3.74. The highest BCUT2D eigenvalue weighted by Crippen LogP contribution is 2.36. The van der Waals surface area contributed by atoms with Gasteiger partial charge in [-0.2, -0.15) is 0 Å². The van der Waals surface area contributed by atoms with E-state index in [2.05, 4.69) is 30.2 Å². The average molecular weight is 725 g/mol. The molecule has 6 nitrogen and oxygen atoms in total. The van der Waals surface area contributed by atoms with Gasteiger partial charge in [0.1, 0.15) is 11.3 Å². The molecule has 0 saturated carbocycles. The Balaban J connectivity index is 1.22. The number of allylic oxidation sites excluding steroid dienone is 4. The molecule has 51 heavy (non-hydrogen) atoms. The summed E-state index contributed by atoms with van der Waals surface area (Å²) < 4.78 is 11.7. The van der Waals surface area contributed by atoms with Gasteiger partial charge in [-0.25, -0.2) is 4.99 Å². The molecule has 1 aromatic heterocycles. The number of anilines is 1. The van der Waals surface area contributed by atoms with Gasteiger partial charge in [0, 0.05) is 11.4 Å². The Hall–Kier alpha value is -2.38. The van der Waals surface area contributed by atoms with Crippen molar-refractivity contribution in [3.8, 4) is 0 Å². The number of nitrogens with one attached hydrogen (secondary N) is 1. The van der Waals surface area contributed by atoms with Crippen LogP contribution in [0.15, 0.2) is 45.9 Å². The highest BCUT2D eigenvalue weighted by molar-refractivity contribution is 7.16. The summed E-state index contributed by atoms with van der Waals surface area (Å²) in [5.41, 5.74) is 1.09. The molecule has 0 saturated heterocycles. The van der Waals surface area contributed by atoms with Crippen LogP contribution in [0.1, 0.15) is 193 Å². The Labute approximate surface area is 315 Å². The first-order valence-electron chi connectivity index (χ1n) is 21.1. The van der Waals surface area contributed by atoms with Crippen molar-refractivity contribution >= 4 is 33.9 Å². The number of ketones is 1. The predicted molar refractivity (Wildman–Crippen MR) is 219 cm³/mol. The molecule has 0 aromatic carbocycles. The molecule has 0 spiro atoms. The third kappa shape index (κ3) is 17.3. The molecular weight excluding hydrogens is 653 g/mol. The van der Waals surface area contributed by atoms with E-state index in [1.54, 1.807) is 24.3 Å². The van der Waals surface area contributed by atoms with Gasteiger partial charge in [-0.1, -0.05) is 168 Å². The number of aliphatic hydroxyl groups excluding tert-OH is 1. The maximum atomic E-state index is 13.0. The van der Waals surface area contributed by atoms with Crippen molar-refractivity contribution < 1.29 is 19.4 Å². The summed E-state index contributed by atoms with van der Waals surface area (Å²) >= 11 is 1.66. The van der Waals surface area contributed by atoms with Gasteiger partial charge < -0.3 is 19.9 Å². The topological polar surface area (TPSA) is 80.2 Å². The van der Waals surface area contributed by atoms with Crippen LogP contribution in [-0.4, -0.2) is 36.2 Å². The number of hydrogen-bond donors (Lipinski definition) is 2. The van der Waals surface area contributed by atoms with Crippen LogP contribution in [0, 0.1) is 0 Å². The smallest absolute Gasteiger partial charge is 0.301 e. The number of unbranched alkanes of at least 4 members (excludes halogenated alkanes) is 24. The Bertz CT molecular complexity index is 1230. The van der Waals surface area contributed by atoms with E-state index < -0.39 is 6.41 Å². The zero-order chi connectivity index (χ0) is 36.4. The number of rotatable bonds is 32. The SMILES string of the molecule is CCCCCCCCCCCCCCCCCCNc1ccc(/C=C/C2=C(O)C(=C3OC(OCCCCCCCCCCCC)N=C3C)C2=O)s1. The molecule has 3 rings (SSSR count). The van der Waals surface area contributed by atoms with Gasteiger partial charge in [-0.15, -0.1) is 11.3 Å². The quantitative estimate of drug-likeness (QED) is 0.0571. The Morgan fingerprint density at radius 1 is 0.725 bits per heavy atom. The second-order valence-electron chi connectivity index (χ2n) is 14.8. The third-order valence-electron chi connectivity index (χ3n) is 10.2. The largest absolute Gasteiger partial charge is 0.506 e. The molecule has 1 atom stereocenters. The second kappa shape index (κ2) is 27.3. The zero-order valence-corrected chi connectivity index (χ0v) is 33.5. The first-order valence-corrected chi connectivity index (χ1v) is 21.9. The molecule has 288 valence electrons. The minimum Gasteiger partial charge on any atom is -0.506 e. The molecule has 2 N–H and O–H groups in total. The van der Waals surface area contributed by atoms with Crippen LogP contribution >= 0.6 is 11.3 Å². The summed E-state index contributed by atoms with van der Waals surface area (Å²) in [5, 5.41) is 15.4. The predicted octanol–water partition coefficient (Wildman–Crippen LogP) is 13.8. The van der Waals surface area contributed by atoms with Crippen molar-refractivity contribution in [2.75, 3.05) is 18.5 Å². The molecule has 0 bridgehead atoms. The van der Waals surface area contributed by atoms with E-state index in [9.17, 15) is 9.90 Å². The van der Waals surface area contributed by atoms with Crippen LogP contribution in [0.5, 0.6) is 0 Å². The number of hydrogen-bond acceptors (Lipinski definition) is 7. The number of Topliss-reactive ketones (excluding diaryl/α,β-unsaturated/α-hetero) is 1. The van der Waals surface area contributed by atoms with Crippen molar-refractivity contribution in [1.82, 2.24) is 0 Å². The molecule has 1 aromatic rings. The normalized spacial score (nSPS) is 17.4. The highest BCUT2D eigenvalue weighted by Gasteiger charge is 2.39. The van der Waals surface area contributed by atoms with Gasteiger partial charge >= 0.3 is 6.41 Å². The molecule has 0 amide bonds. The fraction of sp³-hybridized carbons (Fsp3) is 0.727. The minimum absolute atomic E-state index is 0.0328. The second-order valence-corrected chi connectivity index (χ2v) is 15.9. The van der Waals surface area contributed by atoms with Crippen LogP contribution in [-0.2, 0) is 14.3 Å². The number of aliphatic imine (C=N–C) groups is 1. The fourth-order valence-corrected chi connectivity index (χ4v) is 7.73. The lowest BCUT2D eigenvalue weighted by molar-refractivity contribution is -0.115. The molecule has 1 aliphatic carbocycles. The Morgan fingerprint density at radius 2 is 1.22 bits per heavy atom. The zero-order valence-electron chi connectivity index (χ0n) is 32.7. The lowest BCUT2D eigenvalue weighted by Gasteiger charge is -2.21. The summed E-state index contributed by atoms with van der Waals surface area (Å²) in [7, 11) is 0. The molecule has 0 fully saturated rings. The van der Waals surface area contributed by atoms with Crippen molar-refractivity contribution in [2.45, 2.75) is 194 Å². The maximum absolute atomic E-state index is 13.0. The van der Waals surface area contributed by atoms with Crippen molar-refractivity contribution in [2.24, 2.45) is 4.99 Å². The number of carbonyl (C=O) groups excluding carboxylic acids is 1. The van der Waals surface area contributed by atoms with E-state index in [1.165, 1.54) is 154 Å². The number of carbonyl (C=O) groups is 1. The molecule has 2 aliphatic rings. The fourth-order valence-electron chi connectivity index (χ4n) is 6.89. The minimum atomic E-state index is -0.748. The van der Waals surface area contributed by atoms with Gasteiger partial charge in [-0.05, 0) is 44.1 Å². The molecule has 0 radical (unpaired) electrons. The van der Waals surface area contributed by atoms with E-state index in [4.69, 9.17) is 9.47 Å². The molecule has 1 aliphatic heterocycles. The number of thiophene rings is 1. The van der Waals surface area contributed by atoms with Crippen molar-refractivity contribution in [3.05, 3.63) is 45.8 Å². The Morgan fingerprint density at radius 3 is 1.73 bits per heavy atom. The summed E-state index contributed by atoms with van der Waals surface area (Å²) in [6, 6.07) is 4.13. The monoisotopic (exact) mass is 725 g/mol. The van der Waals surface area contributed by atoms with E-state index in [0.717, 1.165) is 29.3 Å². The highest BCUT2D eigenvalue weighted by atomic mass is 32.1. The number of aliphatic hydroxyl groups is 1. The van der Waals surface area contributed by atoms with Crippen LogP contribution in [0.2, 0.25) is 0 Å². The number of ether oxygens (including phenoxy) is 2. The lowest BCUT2D eigenvalue weighted by Crippen LogP contribution is -2.25. The first-order chi connectivity index (χ1) is 25.0. The summed E-state index contributed by atoms with van der Waals surface area (Å²) in [5.74, 6) is 0.0796. The molecule has 7 heteroatoms. The molecular formula is C44H72N2O4S. The van der Waals surface area contributed by atoms with E-state index in [-0.39, 0.29) is 17.1 Å². The first kappa shape index (κ1) is 43.0. The Kier molecular flexibility index (Phi) is 23.0. The lowest BCUT2D eigenvalue weighted by atomic mass is 9.86. The van der Waals surface area contributed by atoms with Crippen LogP contribution in [0.4, 0.5) is 5.00 Å². The van der Waals surface area contributed by atoms with Gasteiger partial charge in [0.05, 0.1) is 22.9 Å². The van der Waals surface area contributed by atoms with Crippen molar-refractivity contribution in [3.63, 3.8) is 0 Å². The van der Waals surface area contributed by atoms with Crippen molar-refractivity contribution in [1.29, 1.82) is 0 Å². The maximum Gasteiger partial charge on any atom is 0.301 e. The van der Waals surface area contributed by atoms with Crippen LogP contribution < -0.4 is 5.32 Å². The van der Waals surface area contributed by atoms with E-state index in [1.807, 2.05) is 12.1 Å². The number of nitrogens with zero attached hydrogens (tertiary/aromatic N) is 1. The van der Waals surface area contributed by atoms with Gasteiger partial charge in [0.15, 0.2) is 5.76 Å². The van der Waals surface area contributed by atoms with Crippen LogP contribution in [0.25, 0.3) is 6.08 Å². The summed E-state index contributed by atoms with van der Waals surface area (Å²) in [4.78, 5) is 18.4. The third-order valence-corrected chi connectivity index (χ3v) is 11.2.